The fourth-order valence-electron chi connectivity index (χ4n) is 4.80. The van der Waals surface area contributed by atoms with Crippen LogP contribution in [-0.4, -0.2) is 83.1 Å². The molecule has 1 fully saturated rings. The van der Waals surface area contributed by atoms with E-state index in [0.717, 1.165) is 15.5 Å². The molecule has 5 heterocycles. The molecule has 20 heteroatoms. The van der Waals surface area contributed by atoms with Crippen LogP contribution in [-0.2, 0) is 30.3 Å². The zero-order chi connectivity index (χ0) is 29.5. The van der Waals surface area contributed by atoms with Crippen molar-refractivity contribution in [2.75, 3.05) is 32.3 Å². The number of hydrogen-bond acceptors (Lipinski definition) is 13. The maximum atomic E-state index is 16.3. The summed E-state index contributed by atoms with van der Waals surface area (Å²) in [7, 11) is 2.60. The molecule has 0 amide bonds. The molecule has 41 heavy (non-hydrogen) atoms. The third kappa shape index (κ3) is 5.66. The standard InChI is InChI=1S/C21H27F2N10O6PS/c1-36-10-4-3-9(15(23)32-7-28-13-16(24)26-6-27-17(13)32)11(37-2)5-38-40(35,41)39-20(12(10)22)33-8-29-14-18(33)30-21(25)31-19(14)34/h6-12,15,20H,3-5H2,1-2H3,(H,35,41)(H2,24,26,27)(H3,25,30,31,34)/t9-,10?,11-,12-,15+,20-,40?/m1/s1. The fraction of sp³-hybridized carbons (Fsp3) is 0.524. The van der Waals surface area contributed by atoms with Gasteiger partial charge in [-0.15, -0.1) is 0 Å². The van der Waals surface area contributed by atoms with E-state index in [2.05, 4.69) is 29.9 Å². The molecule has 6 N–H and O–H groups in total. The van der Waals surface area contributed by atoms with E-state index in [9.17, 15) is 9.69 Å². The summed E-state index contributed by atoms with van der Waals surface area (Å²) < 4.78 is 56.9. The van der Waals surface area contributed by atoms with Gasteiger partial charge in [0, 0.05) is 20.1 Å². The molecule has 0 aromatic carbocycles. The number of hydrogen-bond donors (Lipinski definition) is 4. The Labute approximate surface area is 235 Å². The maximum Gasteiger partial charge on any atom is 0.326 e. The van der Waals surface area contributed by atoms with Crippen molar-refractivity contribution < 1.29 is 32.2 Å². The number of rotatable bonds is 5. The number of ether oxygens (including phenoxy) is 2. The van der Waals surface area contributed by atoms with Crippen molar-refractivity contribution >= 4 is 52.6 Å². The summed E-state index contributed by atoms with van der Waals surface area (Å²) in [5.41, 5.74) is 10.9. The number of anilines is 2. The van der Waals surface area contributed by atoms with Crippen LogP contribution < -0.4 is 17.0 Å². The van der Waals surface area contributed by atoms with Crippen LogP contribution in [0.25, 0.3) is 22.3 Å². The molecule has 222 valence electrons. The van der Waals surface area contributed by atoms with Crippen LogP contribution in [0.3, 0.4) is 0 Å². The highest BCUT2D eigenvalue weighted by molar-refractivity contribution is 8.07. The van der Waals surface area contributed by atoms with Crippen LogP contribution in [0.5, 0.6) is 0 Å². The molecule has 5 rings (SSSR count). The summed E-state index contributed by atoms with van der Waals surface area (Å²) in [5.74, 6) is -1.17. The Morgan fingerprint density at radius 1 is 1.15 bits per heavy atom. The highest BCUT2D eigenvalue weighted by Gasteiger charge is 2.41. The molecule has 0 bridgehead atoms. The third-order valence-corrected chi connectivity index (χ3v) is 8.40. The fourth-order valence-corrected chi connectivity index (χ4v) is 6.13. The SMILES string of the molecule is COC1CC[C@@H]([C@@H](F)n2cnc3c(N)ncnc32)[C@H](OC)COP(O)(=S)O[C@@H](n2cnc3c(=O)[nH]c(N)nc32)[C@@H]1F. The number of aromatic nitrogens is 8. The lowest BCUT2D eigenvalue weighted by molar-refractivity contribution is -0.0604. The summed E-state index contributed by atoms with van der Waals surface area (Å²) in [6.07, 6.45) is -4.25. The molecule has 4 aromatic rings. The Morgan fingerprint density at radius 2 is 1.88 bits per heavy atom. The van der Waals surface area contributed by atoms with Crippen LogP contribution >= 0.6 is 6.72 Å². The van der Waals surface area contributed by atoms with Crippen molar-refractivity contribution in [2.24, 2.45) is 5.92 Å². The van der Waals surface area contributed by atoms with Crippen molar-refractivity contribution in [1.29, 1.82) is 0 Å². The molecule has 1 saturated heterocycles. The zero-order valence-corrected chi connectivity index (χ0v) is 23.4. The number of nitrogens with one attached hydrogen (secondary N) is 1. The first-order valence-corrected chi connectivity index (χ1v) is 14.8. The van der Waals surface area contributed by atoms with Crippen molar-refractivity contribution in [2.45, 2.75) is 43.7 Å². The molecule has 0 aliphatic carbocycles. The molecular formula is C21H27F2N10O6PS. The van der Waals surface area contributed by atoms with E-state index in [4.69, 9.17) is 41.8 Å². The van der Waals surface area contributed by atoms with Gasteiger partial charge >= 0.3 is 6.72 Å². The van der Waals surface area contributed by atoms with Crippen LogP contribution in [0.2, 0.25) is 0 Å². The lowest BCUT2D eigenvalue weighted by atomic mass is 9.92. The highest BCUT2D eigenvalue weighted by Crippen LogP contribution is 2.50. The molecule has 16 nitrogen and oxygen atoms in total. The second-order valence-electron chi connectivity index (χ2n) is 9.23. The van der Waals surface area contributed by atoms with Crippen LogP contribution in [0.1, 0.15) is 25.4 Å². The van der Waals surface area contributed by atoms with E-state index in [1.165, 1.54) is 26.9 Å². The molecule has 0 saturated carbocycles. The molecule has 4 aromatic heterocycles. The smallest absolute Gasteiger partial charge is 0.326 e. The molecule has 0 radical (unpaired) electrons. The minimum Gasteiger partial charge on any atom is -0.382 e. The molecule has 0 spiro atoms. The summed E-state index contributed by atoms with van der Waals surface area (Å²) in [6, 6.07) is 0. The van der Waals surface area contributed by atoms with Crippen LogP contribution in [0.15, 0.2) is 23.8 Å². The van der Waals surface area contributed by atoms with Gasteiger partial charge in [0.15, 0.2) is 41.3 Å². The first-order valence-electron chi connectivity index (χ1n) is 12.2. The average molecular weight is 617 g/mol. The summed E-state index contributed by atoms with van der Waals surface area (Å²) in [4.78, 5) is 45.6. The third-order valence-electron chi connectivity index (χ3n) is 6.87. The second kappa shape index (κ2) is 11.6. The Bertz CT molecular complexity index is 1650. The Morgan fingerprint density at radius 3 is 2.61 bits per heavy atom. The maximum absolute atomic E-state index is 16.3. The molecule has 1 aliphatic heterocycles. The number of fused-ring (bicyclic) bond motifs is 2. The number of nitrogens with two attached hydrogens (primary N) is 2. The van der Waals surface area contributed by atoms with E-state index in [-0.39, 0.29) is 46.9 Å². The van der Waals surface area contributed by atoms with Crippen LogP contribution in [0, 0.1) is 5.92 Å². The van der Waals surface area contributed by atoms with Gasteiger partial charge in [-0.1, -0.05) is 0 Å². The first kappa shape index (κ1) is 29.3. The van der Waals surface area contributed by atoms with Gasteiger partial charge in [0.2, 0.25) is 5.95 Å². The number of nitrogens with zero attached hydrogens (tertiary/aromatic N) is 7. The van der Waals surface area contributed by atoms with Gasteiger partial charge in [0.25, 0.3) is 5.56 Å². The van der Waals surface area contributed by atoms with Gasteiger partial charge in [-0.25, -0.2) is 28.7 Å². The lowest BCUT2D eigenvalue weighted by Gasteiger charge is -2.30. The topological polar surface area (TPSA) is 216 Å². The second-order valence-corrected chi connectivity index (χ2v) is 12.0. The van der Waals surface area contributed by atoms with E-state index < -0.39 is 55.7 Å². The summed E-state index contributed by atoms with van der Waals surface area (Å²) in [6.45, 7) is -4.63. The number of nitrogen functional groups attached to an aromatic ring is 2. The van der Waals surface area contributed by atoms with E-state index >= 15 is 8.78 Å². The first-order chi connectivity index (χ1) is 19.5. The number of alkyl halides is 2. The molecule has 2 unspecified atom stereocenters. The van der Waals surface area contributed by atoms with Crippen molar-refractivity contribution in [3.05, 3.63) is 29.3 Å². The Kier molecular flexibility index (Phi) is 8.29. The average Bonchev–Trinajstić information content (AvgIpc) is 3.55. The quantitative estimate of drug-likeness (QED) is 0.231. The van der Waals surface area contributed by atoms with Gasteiger partial charge in [-0.3, -0.25) is 23.4 Å². The van der Waals surface area contributed by atoms with Crippen LogP contribution in [0.4, 0.5) is 20.5 Å². The number of imidazole rings is 2. The van der Waals surface area contributed by atoms with Gasteiger partial charge in [-0.05, 0) is 24.6 Å². The minimum atomic E-state index is -4.23. The van der Waals surface area contributed by atoms with E-state index in [0.29, 0.717) is 0 Å². The normalized spacial score (nSPS) is 29.0. The number of methoxy groups -OCH3 is 2. The Hall–Kier alpha value is -3.19. The summed E-state index contributed by atoms with van der Waals surface area (Å²) >= 11 is 5.18. The number of H-pyrrole nitrogens is 1. The van der Waals surface area contributed by atoms with Gasteiger partial charge < -0.3 is 30.4 Å². The van der Waals surface area contributed by atoms with Gasteiger partial charge in [0.05, 0.1) is 31.5 Å². The number of aromatic amines is 1. The van der Waals surface area contributed by atoms with E-state index in [1.54, 1.807) is 0 Å². The van der Waals surface area contributed by atoms with Gasteiger partial charge in [0.1, 0.15) is 11.8 Å². The Balaban J connectivity index is 1.53. The number of halogens is 2. The summed E-state index contributed by atoms with van der Waals surface area (Å²) in [5, 5.41) is 0. The molecule has 1 aliphatic rings. The predicted molar refractivity (Wildman–Crippen MR) is 144 cm³/mol. The molecule has 7 atom stereocenters. The highest BCUT2D eigenvalue weighted by atomic mass is 32.5. The largest absolute Gasteiger partial charge is 0.382 e. The monoisotopic (exact) mass is 616 g/mol. The molecular weight excluding hydrogens is 589 g/mol. The minimum absolute atomic E-state index is 0.0127. The van der Waals surface area contributed by atoms with Crippen molar-refractivity contribution in [3.63, 3.8) is 0 Å². The lowest BCUT2D eigenvalue weighted by Crippen LogP contribution is -2.36. The van der Waals surface area contributed by atoms with Crippen molar-refractivity contribution in [1.82, 2.24) is 39.0 Å². The van der Waals surface area contributed by atoms with Crippen molar-refractivity contribution in [3.8, 4) is 0 Å². The van der Waals surface area contributed by atoms with E-state index in [1.807, 2.05) is 0 Å². The zero-order valence-electron chi connectivity index (χ0n) is 21.7. The predicted octanol–water partition coefficient (Wildman–Crippen LogP) is 1.12. The van der Waals surface area contributed by atoms with Gasteiger partial charge in [-0.2, -0.15) is 4.98 Å².